The number of rotatable bonds is 4. The number of nitrogens with zero attached hydrogens (tertiary/aromatic N) is 2. The molecule has 1 aromatic rings. The summed E-state index contributed by atoms with van der Waals surface area (Å²) in [5.74, 6) is 0.759. The molecule has 2 amide bonds. The van der Waals surface area contributed by atoms with E-state index < -0.39 is 15.1 Å². The number of urea groups is 1. The maximum absolute atomic E-state index is 13.4. The molecule has 3 rings (SSSR count). The number of benzene rings is 1. The minimum atomic E-state index is -3.53. The number of nitrogens with two attached hydrogens (primary N) is 1. The highest BCUT2D eigenvalue weighted by molar-refractivity contribution is 7.92. The van der Waals surface area contributed by atoms with E-state index in [1.807, 2.05) is 6.07 Å². The lowest BCUT2D eigenvalue weighted by atomic mass is 9.76. The van der Waals surface area contributed by atoms with Crippen molar-refractivity contribution in [2.75, 3.05) is 27.2 Å². The lowest BCUT2D eigenvalue weighted by molar-refractivity contribution is 0.113. The second kappa shape index (κ2) is 8.82. The molecule has 1 heterocycles. The summed E-state index contributed by atoms with van der Waals surface area (Å²) in [7, 11) is -0.0803. The molecule has 0 radical (unpaired) electrons. The Morgan fingerprint density at radius 3 is 2.50 bits per heavy atom. The number of sulfone groups is 1. The third-order valence-corrected chi connectivity index (χ3v) is 8.45. The van der Waals surface area contributed by atoms with Gasteiger partial charge in [0.15, 0.2) is 9.84 Å². The molecule has 1 saturated carbocycles. The van der Waals surface area contributed by atoms with Crippen molar-refractivity contribution in [1.82, 2.24) is 9.80 Å². The van der Waals surface area contributed by atoms with Gasteiger partial charge in [-0.2, -0.15) is 0 Å². The Balaban J connectivity index is 1.89. The van der Waals surface area contributed by atoms with E-state index in [0.29, 0.717) is 30.3 Å². The summed E-state index contributed by atoms with van der Waals surface area (Å²) in [4.78, 5) is 16.3. The van der Waals surface area contributed by atoms with Gasteiger partial charge in [0, 0.05) is 33.7 Å². The molecule has 0 unspecified atom stereocenters. The van der Waals surface area contributed by atoms with E-state index >= 15 is 0 Å². The molecular formula is C21H33N3O3S. The van der Waals surface area contributed by atoms with Crippen LogP contribution in [0.2, 0.25) is 0 Å². The molecule has 28 heavy (non-hydrogen) atoms. The highest BCUT2D eigenvalue weighted by Crippen LogP contribution is 2.37. The third kappa shape index (κ3) is 4.51. The highest BCUT2D eigenvalue weighted by Gasteiger charge is 2.41. The first-order chi connectivity index (χ1) is 13.3. The van der Waals surface area contributed by atoms with Crippen LogP contribution < -0.4 is 5.73 Å². The Kier molecular flexibility index (Phi) is 6.65. The van der Waals surface area contributed by atoms with E-state index in [1.165, 1.54) is 19.3 Å². The van der Waals surface area contributed by atoms with Crippen LogP contribution in [0.25, 0.3) is 0 Å². The van der Waals surface area contributed by atoms with Crippen LogP contribution in [0.15, 0.2) is 29.2 Å². The molecule has 0 bridgehead atoms. The first kappa shape index (κ1) is 21.1. The van der Waals surface area contributed by atoms with Crippen LogP contribution in [0.1, 0.15) is 44.1 Å². The van der Waals surface area contributed by atoms with E-state index in [1.54, 1.807) is 42.1 Å². The largest absolute Gasteiger partial charge is 0.331 e. The van der Waals surface area contributed by atoms with Crippen molar-refractivity contribution in [1.29, 1.82) is 0 Å². The van der Waals surface area contributed by atoms with Gasteiger partial charge in [0.1, 0.15) is 0 Å². The van der Waals surface area contributed by atoms with Gasteiger partial charge in [0.25, 0.3) is 0 Å². The number of carbonyl (C=O) groups is 1. The van der Waals surface area contributed by atoms with Crippen LogP contribution >= 0.6 is 0 Å². The van der Waals surface area contributed by atoms with E-state index in [2.05, 4.69) is 0 Å². The molecule has 0 aromatic heterocycles. The average Bonchev–Trinajstić information content (AvgIpc) is 2.73. The fraction of sp³-hybridized carbons (Fsp3) is 0.667. The van der Waals surface area contributed by atoms with Crippen molar-refractivity contribution < 1.29 is 13.2 Å². The van der Waals surface area contributed by atoms with E-state index in [9.17, 15) is 13.2 Å². The molecular weight excluding hydrogens is 374 g/mol. The van der Waals surface area contributed by atoms with Crippen LogP contribution in [-0.4, -0.2) is 56.7 Å². The fourth-order valence-electron chi connectivity index (χ4n) is 4.74. The van der Waals surface area contributed by atoms with E-state index in [4.69, 9.17) is 5.73 Å². The normalized spacial score (nSPS) is 24.2. The topological polar surface area (TPSA) is 83.7 Å². The van der Waals surface area contributed by atoms with Crippen LogP contribution in [0.5, 0.6) is 0 Å². The molecule has 2 N–H and O–H groups in total. The summed E-state index contributed by atoms with van der Waals surface area (Å²) in [5, 5.41) is -0.565. The SMILES string of the molecule is CN(C)C(=O)N1C[C@H](C2CCCCC2)C[C@H](S(=O)(=O)c2cccc(CN)c2)C1. The monoisotopic (exact) mass is 407 g/mol. The highest BCUT2D eigenvalue weighted by atomic mass is 32.2. The fourth-order valence-corrected chi connectivity index (χ4v) is 6.59. The van der Waals surface area contributed by atoms with E-state index in [0.717, 1.165) is 18.4 Å². The van der Waals surface area contributed by atoms with Gasteiger partial charge in [0.2, 0.25) is 0 Å². The second-order valence-electron chi connectivity index (χ2n) is 8.49. The van der Waals surface area contributed by atoms with Crippen molar-refractivity contribution >= 4 is 15.9 Å². The molecule has 1 aliphatic heterocycles. The van der Waals surface area contributed by atoms with Crippen molar-refractivity contribution in [2.24, 2.45) is 17.6 Å². The van der Waals surface area contributed by atoms with Gasteiger partial charge in [-0.15, -0.1) is 0 Å². The maximum Gasteiger partial charge on any atom is 0.319 e. The van der Waals surface area contributed by atoms with Crippen LogP contribution in [0, 0.1) is 11.8 Å². The Morgan fingerprint density at radius 1 is 1.14 bits per heavy atom. The van der Waals surface area contributed by atoms with Gasteiger partial charge >= 0.3 is 6.03 Å². The predicted molar refractivity (Wildman–Crippen MR) is 111 cm³/mol. The molecule has 1 aromatic carbocycles. The lowest BCUT2D eigenvalue weighted by Crippen LogP contribution is -2.53. The van der Waals surface area contributed by atoms with Gasteiger partial charge in [-0.05, 0) is 36.0 Å². The predicted octanol–water partition coefficient (Wildman–Crippen LogP) is 2.87. The molecule has 156 valence electrons. The van der Waals surface area contributed by atoms with Crippen LogP contribution in [0.4, 0.5) is 4.79 Å². The van der Waals surface area contributed by atoms with Gasteiger partial charge in [-0.25, -0.2) is 13.2 Å². The number of piperidine rings is 1. The molecule has 2 fully saturated rings. The van der Waals surface area contributed by atoms with Gasteiger partial charge in [0.05, 0.1) is 10.1 Å². The number of hydrogen-bond acceptors (Lipinski definition) is 4. The first-order valence-electron chi connectivity index (χ1n) is 10.3. The summed E-state index contributed by atoms with van der Waals surface area (Å²) >= 11 is 0. The van der Waals surface area contributed by atoms with Gasteiger partial charge < -0.3 is 15.5 Å². The molecule has 2 aliphatic rings. The summed E-state index contributed by atoms with van der Waals surface area (Å²) in [5.41, 5.74) is 6.51. The molecule has 7 heteroatoms. The Morgan fingerprint density at radius 2 is 1.86 bits per heavy atom. The number of carbonyl (C=O) groups excluding carboxylic acids is 1. The van der Waals surface area contributed by atoms with Gasteiger partial charge in [-0.3, -0.25) is 0 Å². The maximum atomic E-state index is 13.4. The molecule has 2 atom stereocenters. The smallest absolute Gasteiger partial charge is 0.319 e. The number of hydrogen-bond donors (Lipinski definition) is 1. The van der Waals surface area contributed by atoms with E-state index in [-0.39, 0.29) is 18.5 Å². The second-order valence-corrected chi connectivity index (χ2v) is 10.7. The summed E-state index contributed by atoms with van der Waals surface area (Å²) in [6, 6.07) is 6.82. The zero-order chi connectivity index (χ0) is 20.3. The summed E-state index contributed by atoms with van der Waals surface area (Å²) < 4.78 is 26.9. The Hall–Kier alpha value is -1.60. The standard InChI is InChI=1S/C21H33N3O3S/c1-23(2)21(25)24-14-18(17-8-4-3-5-9-17)12-20(15-24)28(26,27)19-10-6-7-16(11-19)13-22/h6-7,10-11,17-18,20H,3-5,8-9,12-15,22H2,1-2H3/t18-,20+/m1/s1. The average molecular weight is 408 g/mol. The lowest BCUT2D eigenvalue weighted by Gasteiger charge is -2.42. The van der Waals surface area contributed by atoms with Crippen molar-refractivity contribution in [3.63, 3.8) is 0 Å². The van der Waals surface area contributed by atoms with Crippen molar-refractivity contribution in [3.05, 3.63) is 29.8 Å². The molecule has 1 saturated heterocycles. The van der Waals surface area contributed by atoms with Crippen LogP contribution in [0.3, 0.4) is 0 Å². The third-order valence-electron chi connectivity index (χ3n) is 6.32. The van der Waals surface area contributed by atoms with Crippen LogP contribution in [-0.2, 0) is 16.4 Å². The zero-order valence-electron chi connectivity index (χ0n) is 17.0. The number of likely N-dealkylation sites (tertiary alicyclic amines) is 1. The summed E-state index contributed by atoms with van der Waals surface area (Å²) in [6.07, 6.45) is 6.60. The van der Waals surface area contributed by atoms with Crippen molar-refractivity contribution in [3.8, 4) is 0 Å². The number of amides is 2. The summed E-state index contributed by atoms with van der Waals surface area (Å²) in [6.45, 7) is 1.23. The molecule has 0 spiro atoms. The first-order valence-corrected chi connectivity index (χ1v) is 11.9. The Labute approximate surface area is 169 Å². The van der Waals surface area contributed by atoms with Crippen molar-refractivity contribution in [2.45, 2.75) is 55.2 Å². The quantitative estimate of drug-likeness (QED) is 0.832. The van der Waals surface area contributed by atoms with Gasteiger partial charge in [-0.1, -0.05) is 44.2 Å². The minimum absolute atomic E-state index is 0.101. The molecule has 6 nitrogen and oxygen atoms in total. The zero-order valence-corrected chi connectivity index (χ0v) is 17.8. The Bertz CT molecular complexity index is 788. The molecule has 1 aliphatic carbocycles. The minimum Gasteiger partial charge on any atom is -0.331 e.